The highest BCUT2D eigenvalue weighted by Crippen LogP contribution is 2.28. The molecule has 180 valence electrons. The second-order valence-corrected chi connectivity index (χ2v) is 11.4. The van der Waals surface area contributed by atoms with Crippen LogP contribution in [0.5, 0.6) is 0 Å². The van der Waals surface area contributed by atoms with E-state index in [-0.39, 0.29) is 29.5 Å². The van der Waals surface area contributed by atoms with Gasteiger partial charge in [0.2, 0.25) is 15.9 Å². The van der Waals surface area contributed by atoms with E-state index in [0.717, 1.165) is 15.5 Å². The first-order valence-electron chi connectivity index (χ1n) is 10.7. The topological polar surface area (TPSA) is 113 Å². The summed E-state index contributed by atoms with van der Waals surface area (Å²) in [6, 6.07) is 10.8. The number of hydrogen-bond acceptors (Lipinski definition) is 7. The molecule has 12 heteroatoms. The number of aromatic nitrogens is 2. The van der Waals surface area contributed by atoms with Crippen LogP contribution in [0.25, 0.3) is 21.0 Å². The number of nitrogens with one attached hydrogen (secondary N) is 1. The Morgan fingerprint density at radius 2 is 1.89 bits per heavy atom. The molecule has 0 radical (unpaired) electrons. The number of thiazole rings is 1. The number of amides is 2. The molecule has 1 unspecified atom stereocenters. The number of pyridine rings is 1. The fourth-order valence-corrected chi connectivity index (χ4v) is 6.65. The fraction of sp³-hybridized carbons (Fsp3) is 0.217. The van der Waals surface area contributed by atoms with Crippen molar-refractivity contribution in [1.82, 2.24) is 24.5 Å². The maximum Gasteiger partial charge on any atom is 0.283 e. The number of sulfonamides is 1. The van der Waals surface area contributed by atoms with Crippen molar-refractivity contribution in [3.05, 3.63) is 64.9 Å². The molecule has 1 aliphatic heterocycles. The van der Waals surface area contributed by atoms with Gasteiger partial charge in [0.25, 0.3) is 5.91 Å². The van der Waals surface area contributed by atoms with Gasteiger partial charge in [-0.25, -0.2) is 13.4 Å². The Kier molecular flexibility index (Phi) is 6.18. The van der Waals surface area contributed by atoms with E-state index in [1.165, 1.54) is 33.7 Å². The van der Waals surface area contributed by atoms with Crippen LogP contribution in [0.2, 0.25) is 5.02 Å². The summed E-state index contributed by atoms with van der Waals surface area (Å²) >= 11 is 7.24. The molecule has 0 bridgehead atoms. The SMILES string of the molecule is CNC(=O)C1CN(S(=O)(=O)c2ccc3cc(Cl)ccc3c2)CCN1C(=O)c1nc2cnccc2s1. The van der Waals surface area contributed by atoms with Crippen LogP contribution in [0.4, 0.5) is 0 Å². The Hall–Kier alpha value is -3.12. The van der Waals surface area contributed by atoms with E-state index in [4.69, 9.17) is 11.6 Å². The highest BCUT2D eigenvalue weighted by Gasteiger charge is 2.40. The Bertz CT molecular complexity index is 1540. The number of fused-ring (bicyclic) bond motifs is 2. The zero-order valence-electron chi connectivity index (χ0n) is 18.5. The average molecular weight is 530 g/mol. The van der Waals surface area contributed by atoms with Gasteiger partial charge in [0.15, 0.2) is 5.01 Å². The number of benzene rings is 2. The van der Waals surface area contributed by atoms with Crippen molar-refractivity contribution in [2.45, 2.75) is 10.9 Å². The summed E-state index contributed by atoms with van der Waals surface area (Å²) in [6.07, 6.45) is 3.19. The molecule has 1 N–H and O–H groups in total. The minimum absolute atomic E-state index is 0.0483. The van der Waals surface area contributed by atoms with Gasteiger partial charge < -0.3 is 10.2 Å². The molecule has 35 heavy (non-hydrogen) atoms. The van der Waals surface area contributed by atoms with Crippen molar-refractivity contribution in [2.75, 3.05) is 26.7 Å². The van der Waals surface area contributed by atoms with Gasteiger partial charge >= 0.3 is 0 Å². The van der Waals surface area contributed by atoms with Gasteiger partial charge in [-0.2, -0.15) is 4.31 Å². The Morgan fingerprint density at radius 1 is 1.11 bits per heavy atom. The summed E-state index contributed by atoms with van der Waals surface area (Å²) in [7, 11) is -2.46. The number of likely N-dealkylation sites (N-methyl/N-ethyl adjacent to an activating group) is 1. The van der Waals surface area contributed by atoms with Gasteiger partial charge in [-0.05, 0) is 41.1 Å². The number of carbonyl (C=O) groups is 2. The maximum absolute atomic E-state index is 13.5. The third-order valence-electron chi connectivity index (χ3n) is 5.94. The molecule has 0 aliphatic carbocycles. The van der Waals surface area contributed by atoms with Crippen molar-refractivity contribution >= 4 is 65.8 Å². The van der Waals surface area contributed by atoms with Crippen LogP contribution in [-0.4, -0.2) is 72.1 Å². The van der Waals surface area contributed by atoms with Crippen LogP contribution >= 0.6 is 22.9 Å². The maximum atomic E-state index is 13.5. The Morgan fingerprint density at radius 3 is 2.66 bits per heavy atom. The minimum atomic E-state index is -3.91. The largest absolute Gasteiger partial charge is 0.357 e. The van der Waals surface area contributed by atoms with E-state index in [2.05, 4.69) is 15.3 Å². The number of carbonyl (C=O) groups excluding carboxylic acids is 2. The summed E-state index contributed by atoms with van der Waals surface area (Å²) in [5.74, 6) is -0.867. The number of halogens is 1. The predicted molar refractivity (Wildman–Crippen MR) is 134 cm³/mol. The van der Waals surface area contributed by atoms with E-state index in [9.17, 15) is 18.0 Å². The highest BCUT2D eigenvalue weighted by molar-refractivity contribution is 7.89. The van der Waals surface area contributed by atoms with E-state index in [0.29, 0.717) is 10.5 Å². The van der Waals surface area contributed by atoms with Crippen LogP contribution in [-0.2, 0) is 14.8 Å². The molecule has 2 amide bonds. The standard InChI is InChI=1S/C23H20ClN5O4S2/c1-25-21(30)19-13-28(35(32,33)17-5-3-14-10-16(24)4-2-15(14)11-17)8-9-29(19)23(31)22-27-18-12-26-7-6-20(18)34-22/h2-7,10-12,19H,8-9,13H2,1H3,(H,25,30). The molecular formula is C23H20ClN5O4S2. The first-order chi connectivity index (χ1) is 16.8. The van der Waals surface area contributed by atoms with Crippen molar-refractivity contribution in [1.29, 1.82) is 0 Å². The monoisotopic (exact) mass is 529 g/mol. The third kappa shape index (κ3) is 4.36. The molecule has 1 fully saturated rings. The molecule has 1 saturated heterocycles. The summed E-state index contributed by atoms with van der Waals surface area (Å²) in [6.45, 7) is -0.0704. The van der Waals surface area contributed by atoms with Crippen molar-refractivity contribution in [2.24, 2.45) is 0 Å². The predicted octanol–water partition coefficient (Wildman–Crippen LogP) is 2.76. The molecular weight excluding hydrogens is 510 g/mol. The van der Waals surface area contributed by atoms with Gasteiger partial charge in [0, 0.05) is 37.9 Å². The van der Waals surface area contributed by atoms with Gasteiger partial charge in [-0.1, -0.05) is 23.7 Å². The second kappa shape index (κ2) is 9.15. The van der Waals surface area contributed by atoms with E-state index < -0.39 is 27.9 Å². The van der Waals surface area contributed by atoms with Crippen LogP contribution in [0, 0.1) is 0 Å². The molecule has 9 nitrogen and oxygen atoms in total. The first-order valence-corrected chi connectivity index (χ1v) is 13.3. The third-order valence-corrected chi connectivity index (χ3v) is 9.06. The molecule has 2 aromatic carbocycles. The van der Waals surface area contributed by atoms with Crippen LogP contribution in [0.1, 0.15) is 9.80 Å². The lowest BCUT2D eigenvalue weighted by Crippen LogP contribution is -2.61. The Balaban J connectivity index is 1.43. The zero-order valence-corrected chi connectivity index (χ0v) is 20.9. The molecule has 0 spiro atoms. The van der Waals surface area contributed by atoms with E-state index in [1.54, 1.807) is 48.8 Å². The first kappa shape index (κ1) is 23.6. The lowest BCUT2D eigenvalue weighted by Gasteiger charge is -2.39. The smallest absolute Gasteiger partial charge is 0.283 e. The molecule has 0 saturated carbocycles. The molecule has 2 aromatic heterocycles. The van der Waals surface area contributed by atoms with Crippen molar-refractivity contribution in [3.63, 3.8) is 0 Å². The van der Waals surface area contributed by atoms with Crippen molar-refractivity contribution < 1.29 is 18.0 Å². The van der Waals surface area contributed by atoms with Gasteiger partial charge in [0.1, 0.15) is 11.6 Å². The highest BCUT2D eigenvalue weighted by atomic mass is 35.5. The van der Waals surface area contributed by atoms with Crippen LogP contribution in [0.3, 0.4) is 0 Å². The zero-order chi connectivity index (χ0) is 24.7. The second-order valence-electron chi connectivity index (χ2n) is 8.01. The van der Waals surface area contributed by atoms with E-state index in [1.807, 2.05) is 0 Å². The summed E-state index contributed by atoms with van der Waals surface area (Å²) in [5, 5.41) is 4.89. The fourth-order valence-electron chi connectivity index (χ4n) is 4.11. The Labute approximate surface area is 210 Å². The normalized spacial score (nSPS) is 17.1. The van der Waals surface area contributed by atoms with Gasteiger partial charge in [0.05, 0.1) is 15.8 Å². The lowest BCUT2D eigenvalue weighted by molar-refractivity contribution is -0.126. The molecule has 3 heterocycles. The quantitative estimate of drug-likeness (QED) is 0.435. The lowest BCUT2D eigenvalue weighted by atomic mass is 10.1. The van der Waals surface area contributed by atoms with Gasteiger partial charge in [-0.3, -0.25) is 14.6 Å². The summed E-state index contributed by atoms with van der Waals surface area (Å²) in [5.41, 5.74) is 0.594. The number of nitrogens with zero attached hydrogens (tertiary/aromatic N) is 4. The van der Waals surface area contributed by atoms with Gasteiger partial charge in [-0.15, -0.1) is 11.3 Å². The number of piperazine rings is 1. The summed E-state index contributed by atoms with van der Waals surface area (Å²) < 4.78 is 29.0. The molecule has 1 atom stereocenters. The number of rotatable bonds is 4. The molecule has 5 rings (SSSR count). The van der Waals surface area contributed by atoms with Crippen LogP contribution in [0.15, 0.2) is 59.8 Å². The minimum Gasteiger partial charge on any atom is -0.357 e. The molecule has 1 aliphatic rings. The van der Waals surface area contributed by atoms with E-state index >= 15 is 0 Å². The van der Waals surface area contributed by atoms with Crippen LogP contribution < -0.4 is 5.32 Å². The molecule has 4 aromatic rings. The average Bonchev–Trinajstić information content (AvgIpc) is 3.31. The summed E-state index contributed by atoms with van der Waals surface area (Å²) in [4.78, 5) is 35.9. The number of hydrogen-bond donors (Lipinski definition) is 1. The van der Waals surface area contributed by atoms with Crippen molar-refractivity contribution in [3.8, 4) is 0 Å².